The van der Waals surface area contributed by atoms with Crippen molar-refractivity contribution >= 4 is 45.0 Å². The minimum atomic E-state index is -0.427. The summed E-state index contributed by atoms with van der Waals surface area (Å²) in [6.45, 7) is 2.34. The maximum atomic E-state index is 12.3. The Morgan fingerprint density at radius 2 is 1.96 bits per heavy atom. The molecule has 1 aromatic carbocycles. The van der Waals surface area contributed by atoms with Crippen LogP contribution in [0.25, 0.3) is 10.2 Å². The second kappa shape index (κ2) is 8.77. The number of nitrogens with one attached hydrogen (secondary N) is 1. The van der Waals surface area contributed by atoms with Gasteiger partial charge in [-0.05, 0) is 30.7 Å². The van der Waals surface area contributed by atoms with Gasteiger partial charge >= 0.3 is 11.9 Å². The van der Waals surface area contributed by atoms with Crippen molar-refractivity contribution in [1.29, 1.82) is 0 Å². The zero-order chi connectivity index (χ0) is 20.1. The van der Waals surface area contributed by atoms with Gasteiger partial charge in [-0.3, -0.25) is 0 Å². The second-order valence-corrected chi connectivity index (χ2v) is 6.78. The Morgan fingerprint density at radius 3 is 2.71 bits per heavy atom. The van der Waals surface area contributed by atoms with Crippen LogP contribution in [0.4, 0.5) is 11.5 Å². The summed E-state index contributed by atoms with van der Waals surface area (Å²) in [5, 5.41) is 3.92. The van der Waals surface area contributed by atoms with Gasteiger partial charge in [0.2, 0.25) is 0 Å². The molecule has 0 saturated heterocycles. The van der Waals surface area contributed by atoms with Crippen LogP contribution in [0.2, 0.25) is 0 Å². The summed E-state index contributed by atoms with van der Waals surface area (Å²) in [6.07, 6.45) is 1.42. The molecule has 0 bridgehead atoms. The van der Waals surface area contributed by atoms with Crippen molar-refractivity contribution in [2.75, 3.05) is 32.8 Å². The third-order valence-corrected chi connectivity index (χ3v) is 5.16. The van der Waals surface area contributed by atoms with E-state index >= 15 is 0 Å². The highest BCUT2D eigenvalue weighted by atomic mass is 32.1. The molecule has 0 saturated carbocycles. The molecule has 0 aliphatic heterocycles. The zero-order valence-corrected chi connectivity index (χ0v) is 16.5. The normalized spacial score (nSPS) is 10.7. The number of carbonyl (C=O) groups excluding carboxylic acids is 2. The average Bonchev–Trinajstić information content (AvgIpc) is 3.05. The Balaban J connectivity index is 1.92. The van der Waals surface area contributed by atoms with Gasteiger partial charge in [-0.15, -0.1) is 11.3 Å². The number of aryl methyl sites for hydroxylation is 1. The highest BCUT2D eigenvalue weighted by molar-refractivity contribution is 7.20. The molecule has 0 aliphatic carbocycles. The lowest BCUT2D eigenvalue weighted by Gasteiger charge is -2.08. The van der Waals surface area contributed by atoms with E-state index in [1.54, 1.807) is 25.3 Å². The molecule has 0 fully saturated rings. The van der Waals surface area contributed by atoms with E-state index in [4.69, 9.17) is 14.2 Å². The summed E-state index contributed by atoms with van der Waals surface area (Å²) in [6, 6.07) is 6.88. The number of esters is 2. The SMILES string of the molecule is COCCOC(=O)c1sc2ncnc(Nc3cccc(C(=O)OC)c3)c2c1C. The number of fused-ring (bicyclic) bond motifs is 1. The number of nitrogens with zero attached hydrogens (tertiary/aromatic N) is 2. The summed E-state index contributed by atoms with van der Waals surface area (Å²) in [5.41, 5.74) is 1.81. The average molecular weight is 401 g/mol. The standard InChI is InChI=1S/C19H19N3O5S/c1-11-14-16(22-13-6-4-5-12(9-13)18(23)26-3)20-10-21-17(14)28-15(11)19(24)27-8-7-25-2/h4-6,9-10H,7-8H2,1-3H3,(H,20,21,22). The Morgan fingerprint density at radius 1 is 1.14 bits per heavy atom. The third kappa shape index (κ3) is 4.10. The molecule has 2 heterocycles. The molecule has 0 radical (unpaired) electrons. The van der Waals surface area contributed by atoms with Crippen LogP contribution in [-0.4, -0.2) is 49.3 Å². The fraction of sp³-hybridized carbons (Fsp3) is 0.263. The molecule has 1 N–H and O–H groups in total. The minimum Gasteiger partial charge on any atom is -0.465 e. The molecule has 3 aromatic rings. The van der Waals surface area contributed by atoms with E-state index in [1.165, 1.54) is 24.8 Å². The summed E-state index contributed by atoms with van der Waals surface area (Å²) in [7, 11) is 2.87. The number of benzene rings is 1. The van der Waals surface area contributed by atoms with Crippen LogP contribution in [0.15, 0.2) is 30.6 Å². The smallest absolute Gasteiger partial charge is 0.348 e. The summed E-state index contributed by atoms with van der Waals surface area (Å²) < 4.78 is 14.9. The molecule has 0 amide bonds. The van der Waals surface area contributed by atoms with Crippen molar-refractivity contribution in [2.24, 2.45) is 0 Å². The van der Waals surface area contributed by atoms with Gasteiger partial charge in [0.15, 0.2) is 0 Å². The van der Waals surface area contributed by atoms with Crippen molar-refractivity contribution in [3.05, 3.63) is 46.6 Å². The fourth-order valence-corrected chi connectivity index (χ4v) is 3.67. The topological polar surface area (TPSA) is 99.6 Å². The number of methoxy groups -OCH3 is 2. The Bertz CT molecular complexity index is 1020. The first-order chi connectivity index (χ1) is 13.5. The number of hydrogen-bond donors (Lipinski definition) is 1. The van der Waals surface area contributed by atoms with Gasteiger partial charge in [-0.1, -0.05) is 6.07 Å². The molecule has 8 nitrogen and oxygen atoms in total. The number of thiophene rings is 1. The van der Waals surface area contributed by atoms with Gasteiger partial charge in [-0.2, -0.15) is 0 Å². The summed E-state index contributed by atoms with van der Waals surface area (Å²) >= 11 is 1.25. The van der Waals surface area contributed by atoms with E-state index in [0.29, 0.717) is 33.4 Å². The molecule has 28 heavy (non-hydrogen) atoms. The van der Waals surface area contributed by atoms with Gasteiger partial charge in [0, 0.05) is 12.8 Å². The molecule has 9 heteroatoms. The first-order valence-corrected chi connectivity index (χ1v) is 9.22. The predicted molar refractivity (Wildman–Crippen MR) is 105 cm³/mol. The monoisotopic (exact) mass is 401 g/mol. The Labute approximate surface area is 165 Å². The number of carbonyl (C=O) groups is 2. The van der Waals surface area contributed by atoms with Crippen LogP contribution in [0.1, 0.15) is 25.6 Å². The van der Waals surface area contributed by atoms with E-state index in [2.05, 4.69) is 15.3 Å². The Hall–Kier alpha value is -3.04. The highest BCUT2D eigenvalue weighted by Crippen LogP contribution is 2.34. The predicted octanol–water partition coefficient (Wildman–Crippen LogP) is 3.33. The first kappa shape index (κ1) is 19.7. The molecule has 3 rings (SSSR count). The molecule has 146 valence electrons. The molecule has 0 spiro atoms. The molecular formula is C19H19N3O5S. The lowest BCUT2D eigenvalue weighted by atomic mass is 10.2. The number of ether oxygens (including phenoxy) is 3. The van der Waals surface area contributed by atoms with Crippen molar-refractivity contribution in [3.63, 3.8) is 0 Å². The van der Waals surface area contributed by atoms with E-state index < -0.39 is 11.9 Å². The van der Waals surface area contributed by atoms with Gasteiger partial charge in [0.05, 0.1) is 24.7 Å². The summed E-state index contributed by atoms with van der Waals surface area (Å²) in [4.78, 5) is 33.8. The molecule has 0 aliphatic rings. The second-order valence-electron chi connectivity index (χ2n) is 5.78. The number of hydrogen-bond acceptors (Lipinski definition) is 9. The number of aromatic nitrogens is 2. The number of rotatable bonds is 7. The van der Waals surface area contributed by atoms with Gasteiger partial charge in [-0.25, -0.2) is 19.6 Å². The minimum absolute atomic E-state index is 0.181. The lowest BCUT2D eigenvalue weighted by Crippen LogP contribution is -2.09. The van der Waals surface area contributed by atoms with Crippen molar-refractivity contribution in [2.45, 2.75) is 6.92 Å². The van der Waals surface area contributed by atoms with Crippen LogP contribution in [0, 0.1) is 6.92 Å². The van der Waals surface area contributed by atoms with Crippen LogP contribution in [0.3, 0.4) is 0 Å². The van der Waals surface area contributed by atoms with Crippen LogP contribution >= 0.6 is 11.3 Å². The van der Waals surface area contributed by atoms with E-state index in [0.717, 1.165) is 10.9 Å². The van der Waals surface area contributed by atoms with Gasteiger partial charge in [0.25, 0.3) is 0 Å². The van der Waals surface area contributed by atoms with Crippen molar-refractivity contribution in [3.8, 4) is 0 Å². The molecular weight excluding hydrogens is 382 g/mol. The zero-order valence-electron chi connectivity index (χ0n) is 15.6. The molecule has 0 unspecified atom stereocenters. The third-order valence-electron chi connectivity index (χ3n) is 3.98. The fourth-order valence-electron chi connectivity index (χ4n) is 2.62. The van der Waals surface area contributed by atoms with Crippen LogP contribution in [-0.2, 0) is 14.2 Å². The highest BCUT2D eigenvalue weighted by Gasteiger charge is 2.20. The van der Waals surface area contributed by atoms with Gasteiger partial charge < -0.3 is 19.5 Å². The lowest BCUT2D eigenvalue weighted by molar-refractivity contribution is 0.0392. The van der Waals surface area contributed by atoms with E-state index in [1.807, 2.05) is 13.0 Å². The van der Waals surface area contributed by atoms with Crippen LogP contribution < -0.4 is 5.32 Å². The largest absolute Gasteiger partial charge is 0.465 e. The Kier molecular flexibility index (Phi) is 6.17. The first-order valence-electron chi connectivity index (χ1n) is 8.40. The summed E-state index contributed by atoms with van der Waals surface area (Å²) in [5.74, 6) is -0.308. The molecule has 2 aromatic heterocycles. The quantitative estimate of drug-likeness (QED) is 0.475. The maximum Gasteiger partial charge on any atom is 0.348 e. The maximum absolute atomic E-state index is 12.3. The van der Waals surface area contributed by atoms with E-state index in [9.17, 15) is 9.59 Å². The van der Waals surface area contributed by atoms with Gasteiger partial charge in [0.1, 0.15) is 28.5 Å². The number of anilines is 2. The van der Waals surface area contributed by atoms with Crippen molar-refractivity contribution in [1.82, 2.24) is 9.97 Å². The van der Waals surface area contributed by atoms with Crippen molar-refractivity contribution < 1.29 is 23.8 Å². The van der Waals surface area contributed by atoms with E-state index in [-0.39, 0.29) is 6.61 Å². The van der Waals surface area contributed by atoms with Crippen LogP contribution in [0.5, 0.6) is 0 Å². The molecule has 0 atom stereocenters.